The van der Waals surface area contributed by atoms with E-state index in [-0.39, 0.29) is 17.4 Å². The number of hydrogen-bond donors (Lipinski definition) is 2. The third-order valence-corrected chi connectivity index (χ3v) is 8.01. The highest BCUT2D eigenvalue weighted by Crippen LogP contribution is 2.38. The molecule has 0 radical (unpaired) electrons. The monoisotopic (exact) mass is 453 g/mol. The van der Waals surface area contributed by atoms with Gasteiger partial charge in [0.15, 0.2) is 0 Å². The molecule has 1 heterocycles. The van der Waals surface area contributed by atoms with Crippen LogP contribution < -0.4 is 15.8 Å². The first-order valence-electron chi connectivity index (χ1n) is 12.2. The molecular formula is C27H37N2O2S+. The van der Waals surface area contributed by atoms with Gasteiger partial charge in [0.05, 0.1) is 13.0 Å². The first-order chi connectivity index (χ1) is 15.7. The fraction of sp³-hybridized carbons (Fsp3) is 0.519. The Balaban J connectivity index is 1.36. The summed E-state index contributed by atoms with van der Waals surface area (Å²) < 4.78 is 6.58. The lowest BCUT2D eigenvalue weighted by atomic mass is 9.71. The molecule has 1 unspecified atom stereocenters. The molecule has 5 heteroatoms. The maximum Gasteiger partial charge on any atom is 0.311 e. The Labute approximate surface area is 196 Å². The Morgan fingerprint density at radius 2 is 1.97 bits per heavy atom. The van der Waals surface area contributed by atoms with Crippen LogP contribution in [0, 0.1) is 5.41 Å². The SMILES string of the molecule is NCC1(CC(=O)[NH2+]CCC(Cc2cccs2)Oc2cccc3c2CC=CC3)CCCCC1. The summed E-state index contributed by atoms with van der Waals surface area (Å²) >= 11 is 1.77. The first-order valence-corrected chi connectivity index (χ1v) is 13.1. The lowest BCUT2D eigenvalue weighted by Gasteiger charge is -2.34. The molecule has 1 saturated carbocycles. The largest absolute Gasteiger partial charge is 0.490 e. The summed E-state index contributed by atoms with van der Waals surface area (Å²) in [6.07, 6.45) is 14.7. The molecule has 2 aliphatic carbocycles. The van der Waals surface area contributed by atoms with Gasteiger partial charge in [-0.05, 0) is 60.7 Å². The zero-order valence-corrected chi connectivity index (χ0v) is 19.9. The molecule has 172 valence electrons. The zero-order chi connectivity index (χ0) is 22.2. The normalized spacial score (nSPS) is 18.2. The highest BCUT2D eigenvalue weighted by atomic mass is 32.1. The average molecular weight is 454 g/mol. The van der Waals surface area contributed by atoms with Gasteiger partial charge in [-0.1, -0.05) is 49.6 Å². The highest BCUT2D eigenvalue weighted by Gasteiger charge is 2.34. The minimum atomic E-state index is 0.0370. The number of rotatable bonds is 10. The summed E-state index contributed by atoms with van der Waals surface area (Å²) in [6, 6.07) is 10.7. The van der Waals surface area contributed by atoms with E-state index in [1.165, 1.54) is 35.3 Å². The number of primary amides is 1. The predicted octanol–water partition coefficient (Wildman–Crippen LogP) is 4.17. The molecule has 4 rings (SSSR count). The van der Waals surface area contributed by atoms with E-state index in [4.69, 9.17) is 10.5 Å². The van der Waals surface area contributed by atoms with Crippen LogP contribution in [0.3, 0.4) is 0 Å². The summed E-state index contributed by atoms with van der Waals surface area (Å²) in [5.41, 5.74) is 8.80. The van der Waals surface area contributed by atoms with Gasteiger partial charge in [0.1, 0.15) is 11.9 Å². The minimum absolute atomic E-state index is 0.0370. The number of carbonyl (C=O) groups is 1. The molecule has 0 aliphatic heterocycles. The van der Waals surface area contributed by atoms with Gasteiger partial charge in [-0.2, -0.15) is 0 Å². The van der Waals surface area contributed by atoms with Crippen molar-refractivity contribution in [2.75, 3.05) is 13.1 Å². The van der Waals surface area contributed by atoms with E-state index in [9.17, 15) is 4.79 Å². The van der Waals surface area contributed by atoms with Crippen molar-refractivity contribution in [1.82, 2.24) is 0 Å². The van der Waals surface area contributed by atoms with Gasteiger partial charge >= 0.3 is 5.91 Å². The van der Waals surface area contributed by atoms with Crippen molar-refractivity contribution >= 4 is 17.2 Å². The van der Waals surface area contributed by atoms with E-state index in [1.54, 1.807) is 11.3 Å². The van der Waals surface area contributed by atoms with Crippen LogP contribution in [0.4, 0.5) is 0 Å². The quantitative estimate of drug-likeness (QED) is 0.531. The van der Waals surface area contributed by atoms with Crippen LogP contribution in [0.5, 0.6) is 5.75 Å². The second-order valence-electron chi connectivity index (χ2n) is 9.49. The van der Waals surface area contributed by atoms with Gasteiger partial charge in [-0.3, -0.25) is 5.32 Å². The Kier molecular flexibility index (Phi) is 8.17. The molecule has 32 heavy (non-hydrogen) atoms. The molecule has 1 aromatic carbocycles. The number of ether oxygens (including phenoxy) is 1. The molecule has 4 nitrogen and oxygen atoms in total. The van der Waals surface area contributed by atoms with Gasteiger partial charge in [0, 0.05) is 23.3 Å². The van der Waals surface area contributed by atoms with Gasteiger partial charge < -0.3 is 10.5 Å². The third kappa shape index (κ3) is 6.09. The van der Waals surface area contributed by atoms with Crippen LogP contribution >= 0.6 is 11.3 Å². The molecule has 0 saturated heterocycles. The summed E-state index contributed by atoms with van der Waals surface area (Å²) in [5, 5.41) is 4.02. The van der Waals surface area contributed by atoms with E-state index in [0.29, 0.717) is 13.0 Å². The Bertz CT molecular complexity index is 900. The number of allylic oxidation sites excluding steroid dienone is 2. The van der Waals surface area contributed by atoms with Gasteiger partial charge in [0.2, 0.25) is 0 Å². The molecule has 2 aliphatic rings. The molecule has 1 atom stereocenters. The van der Waals surface area contributed by atoms with Gasteiger partial charge in [-0.25, -0.2) is 4.79 Å². The van der Waals surface area contributed by atoms with Crippen LogP contribution in [0.15, 0.2) is 47.9 Å². The summed E-state index contributed by atoms with van der Waals surface area (Å²) in [7, 11) is 0. The number of thiophene rings is 1. The number of quaternary nitrogens is 1. The maximum atomic E-state index is 12.8. The van der Waals surface area contributed by atoms with Crippen LogP contribution in [-0.2, 0) is 24.1 Å². The van der Waals surface area contributed by atoms with Crippen molar-refractivity contribution in [3.05, 3.63) is 63.9 Å². The number of carbonyl (C=O) groups excluding carboxylic acids is 1. The highest BCUT2D eigenvalue weighted by molar-refractivity contribution is 7.09. The number of nitrogens with two attached hydrogens (primary N) is 2. The van der Waals surface area contributed by atoms with Crippen LogP contribution in [0.2, 0.25) is 0 Å². The van der Waals surface area contributed by atoms with Crippen molar-refractivity contribution in [3.8, 4) is 5.75 Å². The smallest absolute Gasteiger partial charge is 0.311 e. The van der Waals surface area contributed by atoms with Crippen molar-refractivity contribution in [2.45, 2.75) is 70.3 Å². The second-order valence-corrected chi connectivity index (χ2v) is 10.5. The van der Waals surface area contributed by atoms with Crippen molar-refractivity contribution in [1.29, 1.82) is 0 Å². The third-order valence-electron chi connectivity index (χ3n) is 7.12. The maximum absolute atomic E-state index is 12.8. The second kappa shape index (κ2) is 11.3. The lowest BCUT2D eigenvalue weighted by Crippen LogP contribution is -2.89. The van der Waals surface area contributed by atoms with E-state index in [1.807, 2.05) is 5.32 Å². The Morgan fingerprint density at radius 1 is 1.12 bits per heavy atom. The fourth-order valence-corrected chi connectivity index (χ4v) is 5.99. The van der Waals surface area contributed by atoms with Crippen LogP contribution in [0.25, 0.3) is 0 Å². The molecule has 0 spiro atoms. The number of benzene rings is 1. The lowest BCUT2D eigenvalue weighted by molar-refractivity contribution is -0.571. The predicted molar refractivity (Wildman–Crippen MR) is 131 cm³/mol. The number of hydrogen-bond acceptors (Lipinski definition) is 4. The summed E-state index contributed by atoms with van der Waals surface area (Å²) in [5.74, 6) is 1.26. The minimum Gasteiger partial charge on any atom is -0.490 e. The summed E-state index contributed by atoms with van der Waals surface area (Å²) in [4.78, 5) is 14.1. The molecule has 1 amide bonds. The molecule has 4 N–H and O–H groups in total. The summed E-state index contributed by atoms with van der Waals surface area (Å²) in [6.45, 7) is 1.38. The van der Waals surface area contributed by atoms with E-state index >= 15 is 0 Å². The van der Waals surface area contributed by atoms with E-state index in [2.05, 4.69) is 47.9 Å². The van der Waals surface area contributed by atoms with Crippen LogP contribution in [-0.4, -0.2) is 25.1 Å². The number of fused-ring (bicyclic) bond motifs is 1. The molecular weight excluding hydrogens is 416 g/mol. The molecule has 1 aromatic heterocycles. The molecule has 0 bridgehead atoms. The Hall–Kier alpha value is -1.95. The zero-order valence-electron chi connectivity index (χ0n) is 19.1. The number of amides is 1. The van der Waals surface area contributed by atoms with Gasteiger partial charge in [-0.15, -0.1) is 11.3 Å². The first kappa shape index (κ1) is 23.2. The Morgan fingerprint density at radius 3 is 2.75 bits per heavy atom. The molecule has 1 fully saturated rings. The fourth-order valence-electron chi connectivity index (χ4n) is 5.22. The topological polar surface area (TPSA) is 68.9 Å². The van der Waals surface area contributed by atoms with E-state index in [0.717, 1.165) is 50.8 Å². The van der Waals surface area contributed by atoms with E-state index < -0.39 is 0 Å². The van der Waals surface area contributed by atoms with Crippen molar-refractivity contribution in [3.63, 3.8) is 0 Å². The van der Waals surface area contributed by atoms with Crippen molar-refractivity contribution in [2.24, 2.45) is 11.1 Å². The van der Waals surface area contributed by atoms with Crippen LogP contribution in [0.1, 0.15) is 60.9 Å². The standard InChI is InChI=1S/C27H36N2O2S/c28-20-27(14-4-1-5-15-27)19-26(30)29-16-13-22(18-23-10-7-17-32-23)31-25-12-6-9-21-8-2-3-11-24(21)25/h2-3,6-7,9-10,12,17,22H,1,4-5,8,11,13-16,18-20,28H2,(H,29,30)/p+1. The molecule has 2 aromatic rings. The van der Waals surface area contributed by atoms with Gasteiger partial charge in [0.25, 0.3) is 0 Å². The van der Waals surface area contributed by atoms with Crippen molar-refractivity contribution < 1.29 is 14.8 Å². The average Bonchev–Trinajstić information content (AvgIpc) is 3.33.